The Morgan fingerprint density at radius 3 is 2.51 bits per heavy atom. The molecule has 2 amide bonds. The molecule has 4 fully saturated rings. The molecule has 5 rings (SSSR count). The van der Waals surface area contributed by atoms with Crippen LogP contribution in [0.5, 0.6) is 0 Å². The number of ketones is 1. The average molecular weight is 511 g/mol. The molecule has 1 aromatic carbocycles. The maximum absolute atomic E-state index is 14.5. The maximum Gasteiger partial charge on any atom is 0.249 e. The van der Waals surface area contributed by atoms with Crippen molar-refractivity contribution < 1.29 is 19.1 Å². The van der Waals surface area contributed by atoms with E-state index < -0.39 is 17.9 Å². The van der Waals surface area contributed by atoms with Crippen molar-refractivity contribution in [3.63, 3.8) is 0 Å². The zero-order valence-electron chi connectivity index (χ0n) is 22.4. The lowest BCUT2D eigenvalue weighted by molar-refractivity contribution is -0.139. The Bertz CT molecular complexity index is 1020. The molecular weight excluding hydrogens is 468 g/mol. The van der Waals surface area contributed by atoms with Crippen LogP contribution in [0.2, 0.25) is 0 Å². The second-order valence-corrected chi connectivity index (χ2v) is 11.5. The van der Waals surface area contributed by atoms with Crippen molar-refractivity contribution in [2.24, 2.45) is 17.6 Å². The second-order valence-electron chi connectivity index (χ2n) is 11.5. The fourth-order valence-electron chi connectivity index (χ4n) is 7.13. The van der Waals surface area contributed by atoms with E-state index in [4.69, 9.17) is 10.5 Å². The molecular formula is C29H42N4O4. The summed E-state index contributed by atoms with van der Waals surface area (Å²) in [7, 11) is 2.12. The van der Waals surface area contributed by atoms with Crippen LogP contribution in [0.25, 0.3) is 0 Å². The second kappa shape index (κ2) is 11.1. The van der Waals surface area contributed by atoms with Gasteiger partial charge in [-0.25, -0.2) is 0 Å². The maximum atomic E-state index is 14.5. The van der Waals surface area contributed by atoms with Crippen LogP contribution in [0.3, 0.4) is 0 Å². The van der Waals surface area contributed by atoms with Gasteiger partial charge >= 0.3 is 0 Å². The molecule has 0 aromatic heterocycles. The predicted octanol–water partition coefficient (Wildman–Crippen LogP) is 2.80. The quantitative estimate of drug-likeness (QED) is 0.606. The SMILES string of the molecule is CCC[C@H]1CN(C(=O)[C@H](c2cc(N3CCN(C)CC3)ccc2C(N)=O)C2CCCCC2)[C@@H]2C(=O)CO[C@H]12. The van der Waals surface area contributed by atoms with E-state index in [2.05, 4.69) is 23.8 Å². The van der Waals surface area contributed by atoms with Crippen LogP contribution >= 0.6 is 0 Å². The summed E-state index contributed by atoms with van der Waals surface area (Å²) in [5.74, 6) is -0.715. The van der Waals surface area contributed by atoms with Crippen molar-refractivity contribution in [2.45, 2.75) is 69.9 Å². The molecule has 1 saturated carbocycles. The van der Waals surface area contributed by atoms with Crippen molar-refractivity contribution >= 4 is 23.3 Å². The molecule has 4 aliphatic rings. The van der Waals surface area contributed by atoms with Crippen molar-refractivity contribution in [2.75, 3.05) is 51.3 Å². The normalized spacial score (nSPS) is 27.9. The molecule has 3 saturated heterocycles. The number of likely N-dealkylation sites (tertiary alicyclic amines) is 1. The summed E-state index contributed by atoms with van der Waals surface area (Å²) >= 11 is 0. The van der Waals surface area contributed by atoms with Crippen LogP contribution < -0.4 is 10.6 Å². The van der Waals surface area contributed by atoms with Crippen LogP contribution in [0, 0.1) is 11.8 Å². The fraction of sp³-hybridized carbons (Fsp3) is 0.690. The van der Waals surface area contributed by atoms with E-state index in [0.717, 1.165) is 76.0 Å². The molecule has 37 heavy (non-hydrogen) atoms. The topological polar surface area (TPSA) is 96.2 Å². The van der Waals surface area contributed by atoms with Gasteiger partial charge in [-0.05, 0) is 56.0 Å². The largest absolute Gasteiger partial charge is 0.369 e. The lowest BCUT2D eigenvalue weighted by Gasteiger charge is -2.37. The molecule has 0 spiro atoms. The van der Waals surface area contributed by atoms with Crippen LogP contribution in [-0.4, -0.2) is 85.9 Å². The first kappa shape index (κ1) is 26.2. The molecule has 0 radical (unpaired) electrons. The minimum Gasteiger partial charge on any atom is -0.369 e. The number of ether oxygens (including phenoxy) is 1. The number of hydrogen-bond acceptors (Lipinski definition) is 6. The first-order valence-electron chi connectivity index (χ1n) is 14.2. The summed E-state index contributed by atoms with van der Waals surface area (Å²) in [6.07, 6.45) is 6.90. The Morgan fingerprint density at radius 2 is 1.84 bits per heavy atom. The van der Waals surface area contributed by atoms with Gasteiger partial charge in [0.05, 0.1) is 12.0 Å². The number of carbonyl (C=O) groups is 3. The zero-order valence-corrected chi connectivity index (χ0v) is 22.4. The number of likely N-dealkylation sites (N-methyl/N-ethyl adjacent to an activating group) is 1. The molecule has 0 unspecified atom stereocenters. The molecule has 4 atom stereocenters. The Hall–Kier alpha value is -2.45. The van der Waals surface area contributed by atoms with Gasteiger partial charge in [0, 0.05) is 49.9 Å². The highest BCUT2D eigenvalue weighted by Gasteiger charge is 2.53. The average Bonchev–Trinajstić information content (AvgIpc) is 3.46. The van der Waals surface area contributed by atoms with Gasteiger partial charge in [-0.2, -0.15) is 0 Å². The van der Waals surface area contributed by atoms with Crippen LogP contribution in [-0.2, 0) is 14.3 Å². The number of Topliss-reactive ketones (excluding diaryl/α,β-unsaturated/α-hetero) is 1. The summed E-state index contributed by atoms with van der Waals surface area (Å²) in [6.45, 7) is 6.48. The van der Waals surface area contributed by atoms with E-state index in [1.807, 2.05) is 23.1 Å². The lowest BCUT2D eigenvalue weighted by Crippen LogP contribution is -2.46. The molecule has 8 heteroatoms. The first-order chi connectivity index (χ1) is 17.9. The van der Waals surface area contributed by atoms with Crippen LogP contribution in [0.4, 0.5) is 5.69 Å². The van der Waals surface area contributed by atoms with Gasteiger partial charge in [-0.15, -0.1) is 0 Å². The van der Waals surface area contributed by atoms with E-state index in [-0.39, 0.29) is 36.2 Å². The Kier molecular flexibility index (Phi) is 7.86. The molecule has 1 aliphatic carbocycles. The molecule has 2 N–H and O–H groups in total. The number of amides is 2. The number of primary amides is 1. The molecule has 8 nitrogen and oxygen atoms in total. The summed E-state index contributed by atoms with van der Waals surface area (Å²) in [5, 5.41) is 0. The summed E-state index contributed by atoms with van der Waals surface area (Å²) < 4.78 is 5.91. The molecule has 3 heterocycles. The zero-order chi connectivity index (χ0) is 26.1. The molecule has 0 bridgehead atoms. The number of anilines is 1. The highest BCUT2D eigenvalue weighted by molar-refractivity contribution is 5.99. The smallest absolute Gasteiger partial charge is 0.249 e. The number of rotatable bonds is 7. The number of hydrogen-bond donors (Lipinski definition) is 1. The van der Waals surface area contributed by atoms with E-state index in [1.54, 1.807) is 0 Å². The van der Waals surface area contributed by atoms with E-state index in [9.17, 15) is 14.4 Å². The van der Waals surface area contributed by atoms with Gasteiger partial charge in [-0.1, -0.05) is 32.6 Å². The third kappa shape index (κ3) is 5.15. The molecule has 1 aromatic rings. The minimum absolute atomic E-state index is 0.000610. The van der Waals surface area contributed by atoms with Crippen molar-refractivity contribution in [3.05, 3.63) is 29.3 Å². The Labute approximate surface area is 220 Å². The van der Waals surface area contributed by atoms with Gasteiger partial charge < -0.3 is 25.2 Å². The van der Waals surface area contributed by atoms with Gasteiger partial charge in [0.1, 0.15) is 12.6 Å². The van der Waals surface area contributed by atoms with E-state index in [1.165, 1.54) is 6.42 Å². The standard InChI is InChI=1S/C29H42N4O4/c1-3-7-20-17-33(26-24(34)18-37-27(20)26)29(36)25(19-8-5-4-6-9-19)23-16-21(10-11-22(23)28(30)35)32-14-12-31(2)13-15-32/h10-11,16,19-20,25-27H,3-9,12-15,17-18H2,1-2H3,(H2,30,35)/t20-,25-,26+,27+/m0/s1. The van der Waals surface area contributed by atoms with Gasteiger partial charge in [0.25, 0.3) is 0 Å². The monoisotopic (exact) mass is 510 g/mol. The van der Waals surface area contributed by atoms with Gasteiger partial charge in [0.15, 0.2) is 5.78 Å². The summed E-state index contributed by atoms with van der Waals surface area (Å²) in [5.41, 5.74) is 8.09. The van der Waals surface area contributed by atoms with Crippen LogP contribution in [0.15, 0.2) is 18.2 Å². The number of benzene rings is 1. The highest BCUT2D eigenvalue weighted by Crippen LogP contribution is 2.43. The minimum atomic E-state index is -0.506. The van der Waals surface area contributed by atoms with Crippen molar-refractivity contribution in [3.8, 4) is 0 Å². The lowest BCUT2D eigenvalue weighted by atomic mass is 9.74. The number of carbonyl (C=O) groups excluding carboxylic acids is 3. The van der Waals surface area contributed by atoms with E-state index in [0.29, 0.717) is 12.1 Å². The summed E-state index contributed by atoms with van der Waals surface area (Å²) in [6, 6.07) is 5.32. The first-order valence-corrected chi connectivity index (χ1v) is 14.2. The fourth-order valence-corrected chi connectivity index (χ4v) is 7.13. The van der Waals surface area contributed by atoms with Crippen molar-refractivity contribution in [1.82, 2.24) is 9.80 Å². The highest BCUT2D eigenvalue weighted by atomic mass is 16.5. The van der Waals surface area contributed by atoms with Gasteiger partial charge in [-0.3, -0.25) is 14.4 Å². The third-order valence-electron chi connectivity index (χ3n) is 9.12. The van der Waals surface area contributed by atoms with Crippen LogP contribution in [0.1, 0.15) is 73.7 Å². The molecule has 3 aliphatic heterocycles. The number of piperazine rings is 1. The Morgan fingerprint density at radius 1 is 1.11 bits per heavy atom. The number of nitrogens with zero attached hydrogens (tertiary/aromatic N) is 3. The summed E-state index contributed by atoms with van der Waals surface area (Å²) in [4.78, 5) is 46.6. The van der Waals surface area contributed by atoms with Gasteiger partial charge in [0.2, 0.25) is 11.8 Å². The predicted molar refractivity (Wildman–Crippen MR) is 143 cm³/mol. The number of fused-ring (bicyclic) bond motifs is 1. The number of nitrogens with two attached hydrogens (primary N) is 1. The third-order valence-corrected chi connectivity index (χ3v) is 9.12. The van der Waals surface area contributed by atoms with Crippen molar-refractivity contribution in [1.29, 1.82) is 0 Å². The van der Waals surface area contributed by atoms with E-state index >= 15 is 0 Å². The Balaban J connectivity index is 1.54. The molecule has 202 valence electrons.